The molecule has 1 aliphatic heterocycles. The second-order valence-electron chi connectivity index (χ2n) is 6.03. The molecular weight excluding hydrogens is 260 g/mol. The van der Waals surface area contributed by atoms with E-state index < -0.39 is 0 Å². The molecule has 116 valence electrons. The lowest BCUT2D eigenvalue weighted by atomic mass is 10.1. The number of fused-ring (bicyclic) bond motifs is 1. The van der Waals surface area contributed by atoms with Gasteiger partial charge in [0.2, 0.25) is 5.91 Å². The maximum absolute atomic E-state index is 12.3. The molecular formula is C18H28N2O. The molecule has 0 aromatic heterocycles. The topological polar surface area (TPSA) is 32.3 Å². The van der Waals surface area contributed by atoms with Crippen molar-refractivity contribution in [2.24, 2.45) is 0 Å². The van der Waals surface area contributed by atoms with Gasteiger partial charge in [-0.2, -0.15) is 0 Å². The van der Waals surface area contributed by atoms with Gasteiger partial charge in [-0.05, 0) is 57.2 Å². The number of rotatable bonds is 7. The first kappa shape index (κ1) is 16.0. The zero-order chi connectivity index (χ0) is 15.1. The second kappa shape index (κ2) is 8.18. The first-order chi connectivity index (χ1) is 10.2. The average Bonchev–Trinajstić information content (AvgIpc) is 2.65. The van der Waals surface area contributed by atoms with E-state index in [4.69, 9.17) is 0 Å². The lowest BCUT2D eigenvalue weighted by molar-refractivity contribution is -0.118. The Kier molecular flexibility index (Phi) is 6.24. The first-order valence-electron chi connectivity index (χ1n) is 8.34. The molecule has 3 nitrogen and oxygen atoms in total. The van der Waals surface area contributed by atoms with Gasteiger partial charge in [0, 0.05) is 24.7 Å². The minimum atomic E-state index is 0.286. The summed E-state index contributed by atoms with van der Waals surface area (Å²) in [6, 6.07) is 8.89. The highest BCUT2D eigenvalue weighted by Gasteiger charge is 2.21. The van der Waals surface area contributed by atoms with Crippen molar-refractivity contribution in [2.45, 2.75) is 58.4 Å². The quantitative estimate of drug-likeness (QED) is 0.832. The van der Waals surface area contributed by atoms with Crippen LogP contribution in [0.1, 0.15) is 51.5 Å². The summed E-state index contributed by atoms with van der Waals surface area (Å²) in [5, 5.41) is 3.51. The van der Waals surface area contributed by atoms with Crippen LogP contribution in [0.25, 0.3) is 0 Å². The second-order valence-corrected chi connectivity index (χ2v) is 6.03. The normalized spacial score (nSPS) is 16.5. The lowest BCUT2D eigenvalue weighted by Gasteiger charge is -2.24. The molecule has 0 spiro atoms. The number of para-hydroxylation sites is 1. The maximum atomic E-state index is 12.3. The van der Waals surface area contributed by atoms with Crippen molar-refractivity contribution in [2.75, 3.05) is 18.0 Å². The molecule has 1 amide bonds. The van der Waals surface area contributed by atoms with Gasteiger partial charge in [0.25, 0.3) is 0 Å². The Bertz CT molecular complexity index is 458. The number of hydrogen-bond donors (Lipinski definition) is 1. The van der Waals surface area contributed by atoms with E-state index in [-0.39, 0.29) is 5.91 Å². The zero-order valence-electron chi connectivity index (χ0n) is 13.4. The smallest absolute Gasteiger partial charge is 0.226 e. The summed E-state index contributed by atoms with van der Waals surface area (Å²) >= 11 is 0. The van der Waals surface area contributed by atoms with Crippen molar-refractivity contribution in [1.82, 2.24) is 5.32 Å². The van der Waals surface area contributed by atoms with Crippen LogP contribution >= 0.6 is 0 Å². The van der Waals surface area contributed by atoms with Gasteiger partial charge in [-0.3, -0.25) is 4.79 Å². The predicted octanol–water partition coefficient (Wildman–Crippen LogP) is 3.52. The molecule has 3 heteroatoms. The van der Waals surface area contributed by atoms with Gasteiger partial charge in [0.1, 0.15) is 0 Å². The summed E-state index contributed by atoms with van der Waals surface area (Å²) < 4.78 is 0. The third-order valence-corrected chi connectivity index (χ3v) is 4.18. The lowest BCUT2D eigenvalue weighted by Crippen LogP contribution is -2.33. The SMILES string of the molecule is CCCNC(C)CCCN1C(=O)CCCc2ccccc21. The van der Waals surface area contributed by atoms with Crippen LogP contribution in [0.5, 0.6) is 0 Å². The molecule has 1 aromatic rings. The highest BCUT2D eigenvalue weighted by Crippen LogP contribution is 2.27. The molecule has 1 aromatic carbocycles. The molecule has 0 bridgehead atoms. The van der Waals surface area contributed by atoms with Gasteiger partial charge in [-0.15, -0.1) is 0 Å². The highest BCUT2D eigenvalue weighted by atomic mass is 16.2. The number of hydrogen-bond acceptors (Lipinski definition) is 2. The molecule has 0 radical (unpaired) electrons. The number of carbonyl (C=O) groups excluding carboxylic acids is 1. The van der Waals surface area contributed by atoms with Crippen molar-refractivity contribution in [1.29, 1.82) is 0 Å². The van der Waals surface area contributed by atoms with Gasteiger partial charge < -0.3 is 10.2 Å². The van der Waals surface area contributed by atoms with E-state index >= 15 is 0 Å². The molecule has 1 atom stereocenters. The number of aryl methyl sites for hydroxylation is 1. The van der Waals surface area contributed by atoms with Gasteiger partial charge >= 0.3 is 0 Å². The number of anilines is 1. The number of amides is 1. The summed E-state index contributed by atoms with van der Waals surface area (Å²) in [4.78, 5) is 14.3. The molecule has 1 heterocycles. The van der Waals surface area contributed by atoms with Crippen molar-refractivity contribution in [3.8, 4) is 0 Å². The number of carbonyl (C=O) groups is 1. The van der Waals surface area contributed by atoms with Gasteiger partial charge in [0.15, 0.2) is 0 Å². The Morgan fingerprint density at radius 1 is 1.29 bits per heavy atom. The fraction of sp³-hybridized carbons (Fsp3) is 0.611. The maximum Gasteiger partial charge on any atom is 0.226 e. The number of nitrogens with zero attached hydrogens (tertiary/aromatic N) is 1. The van der Waals surface area contributed by atoms with Crippen LogP contribution in [0, 0.1) is 0 Å². The molecule has 1 unspecified atom stereocenters. The van der Waals surface area contributed by atoms with E-state index in [1.165, 1.54) is 12.0 Å². The molecule has 1 aliphatic rings. The molecule has 0 aliphatic carbocycles. The molecule has 0 saturated heterocycles. The molecule has 21 heavy (non-hydrogen) atoms. The third-order valence-electron chi connectivity index (χ3n) is 4.18. The summed E-state index contributed by atoms with van der Waals surface area (Å²) in [5.41, 5.74) is 2.45. The van der Waals surface area contributed by atoms with Crippen molar-refractivity contribution in [3.63, 3.8) is 0 Å². The van der Waals surface area contributed by atoms with Crippen LogP contribution in [0.2, 0.25) is 0 Å². The average molecular weight is 288 g/mol. The van der Waals surface area contributed by atoms with Gasteiger partial charge in [-0.1, -0.05) is 25.1 Å². The van der Waals surface area contributed by atoms with E-state index in [1.54, 1.807) is 0 Å². The van der Waals surface area contributed by atoms with E-state index in [2.05, 4.69) is 37.4 Å². The van der Waals surface area contributed by atoms with Crippen LogP contribution < -0.4 is 10.2 Å². The summed E-state index contributed by atoms with van der Waals surface area (Å²) in [6.07, 6.45) is 6.01. The minimum absolute atomic E-state index is 0.286. The van der Waals surface area contributed by atoms with Crippen molar-refractivity contribution in [3.05, 3.63) is 29.8 Å². The molecule has 1 N–H and O–H groups in total. The Labute approximate surface area is 128 Å². The summed E-state index contributed by atoms with van der Waals surface area (Å²) in [7, 11) is 0. The van der Waals surface area contributed by atoms with E-state index in [0.717, 1.165) is 44.5 Å². The third kappa shape index (κ3) is 4.57. The Morgan fingerprint density at radius 3 is 2.90 bits per heavy atom. The van der Waals surface area contributed by atoms with E-state index in [1.807, 2.05) is 11.0 Å². The largest absolute Gasteiger partial charge is 0.314 e. The van der Waals surface area contributed by atoms with E-state index in [0.29, 0.717) is 12.5 Å². The van der Waals surface area contributed by atoms with Crippen LogP contribution in [0.15, 0.2) is 24.3 Å². The van der Waals surface area contributed by atoms with Crippen molar-refractivity contribution >= 4 is 11.6 Å². The van der Waals surface area contributed by atoms with E-state index in [9.17, 15) is 4.79 Å². The Balaban J connectivity index is 1.93. The first-order valence-corrected chi connectivity index (χ1v) is 8.34. The number of benzene rings is 1. The zero-order valence-corrected chi connectivity index (χ0v) is 13.4. The molecule has 0 fully saturated rings. The minimum Gasteiger partial charge on any atom is -0.314 e. The fourth-order valence-electron chi connectivity index (χ4n) is 2.98. The monoisotopic (exact) mass is 288 g/mol. The summed E-state index contributed by atoms with van der Waals surface area (Å²) in [5.74, 6) is 0.286. The highest BCUT2D eigenvalue weighted by molar-refractivity contribution is 5.94. The summed E-state index contributed by atoms with van der Waals surface area (Å²) in [6.45, 7) is 6.33. The van der Waals surface area contributed by atoms with Crippen LogP contribution in [0.4, 0.5) is 5.69 Å². The standard InChI is InChI=1S/C18H28N2O/c1-3-13-19-15(2)8-7-14-20-17-11-5-4-9-16(17)10-6-12-18(20)21/h4-5,9,11,15,19H,3,6-8,10,12-14H2,1-2H3. The Morgan fingerprint density at radius 2 is 2.10 bits per heavy atom. The van der Waals surface area contributed by atoms with Gasteiger partial charge in [0.05, 0.1) is 0 Å². The Hall–Kier alpha value is -1.35. The fourth-order valence-corrected chi connectivity index (χ4v) is 2.98. The van der Waals surface area contributed by atoms with Crippen LogP contribution in [-0.2, 0) is 11.2 Å². The van der Waals surface area contributed by atoms with Crippen LogP contribution in [0.3, 0.4) is 0 Å². The molecule has 0 saturated carbocycles. The van der Waals surface area contributed by atoms with Gasteiger partial charge in [-0.25, -0.2) is 0 Å². The molecule has 2 rings (SSSR count). The van der Waals surface area contributed by atoms with Crippen molar-refractivity contribution < 1.29 is 4.79 Å². The van der Waals surface area contributed by atoms with Crippen LogP contribution in [-0.4, -0.2) is 25.0 Å². The number of nitrogens with one attached hydrogen (secondary N) is 1. The predicted molar refractivity (Wildman–Crippen MR) is 88.7 cm³/mol.